The van der Waals surface area contributed by atoms with Crippen molar-refractivity contribution >= 4 is 43.8 Å². The van der Waals surface area contributed by atoms with E-state index in [9.17, 15) is 21.6 Å². The lowest BCUT2D eigenvalue weighted by atomic mass is 10.2. The molecule has 0 atom stereocenters. The van der Waals surface area contributed by atoms with Gasteiger partial charge in [-0.25, -0.2) is 18.4 Å². The van der Waals surface area contributed by atoms with Gasteiger partial charge in [-0.05, 0) is 36.4 Å². The Labute approximate surface area is 169 Å². The molecular weight excluding hydrogens is 431 g/mol. The van der Waals surface area contributed by atoms with Gasteiger partial charge in [-0.2, -0.15) is 13.2 Å². The average molecular weight is 446 g/mol. The number of aromatic nitrogens is 2. The van der Waals surface area contributed by atoms with Crippen molar-refractivity contribution in [3.8, 4) is 5.75 Å². The molecule has 29 heavy (non-hydrogen) atoms. The van der Waals surface area contributed by atoms with Crippen LogP contribution in [-0.2, 0) is 9.84 Å². The highest BCUT2D eigenvalue weighted by molar-refractivity contribution is 7.91. The molecule has 1 N–H and O–H groups in total. The Kier molecular flexibility index (Phi) is 5.85. The summed E-state index contributed by atoms with van der Waals surface area (Å²) in [7, 11) is -3.59. The molecule has 0 aliphatic heterocycles. The van der Waals surface area contributed by atoms with Crippen LogP contribution in [0.1, 0.15) is 6.92 Å². The number of alkyl halides is 3. The highest BCUT2D eigenvalue weighted by atomic mass is 35.5. The van der Waals surface area contributed by atoms with Crippen molar-refractivity contribution in [2.75, 3.05) is 17.7 Å². The molecule has 0 fully saturated rings. The smallest absolute Gasteiger partial charge is 0.422 e. The van der Waals surface area contributed by atoms with Gasteiger partial charge >= 0.3 is 6.18 Å². The number of ether oxygens (including phenoxy) is 1. The molecule has 154 valence electrons. The van der Waals surface area contributed by atoms with Gasteiger partial charge in [-0.1, -0.05) is 18.5 Å². The summed E-state index contributed by atoms with van der Waals surface area (Å²) in [5.41, 5.74) is 0.561. The summed E-state index contributed by atoms with van der Waals surface area (Å²) in [6.45, 7) is -0.0612. The molecule has 0 radical (unpaired) electrons. The van der Waals surface area contributed by atoms with E-state index < -0.39 is 22.6 Å². The zero-order valence-corrected chi connectivity index (χ0v) is 16.6. The topological polar surface area (TPSA) is 81.2 Å². The van der Waals surface area contributed by atoms with Crippen LogP contribution >= 0.6 is 11.6 Å². The second-order valence-electron chi connectivity index (χ2n) is 5.97. The molecule has 1 aromatic heterocycles. The van der Waals surface area contributed by atoms with E-state index in [2.05, 4.69) is 15.3 Å². The van der Waals surface area contributed by atoms with E-state index in [-0.39, 0.29) is 27.9 Å². The molecule has 6 nitrogen and oxygen atoms in total. The normalized spacial score (nSPS) is 12.2. The van der Waals surface area contributed by atoms with Crippen molar-refractivity contribution in [3.05, 3.63) is 47.7 Å². The quantitative estimate of drug-likeness (QED) is 0.589. The van der Waals surface area contributed by atoms with Gasteiger partial charge in [0, 0.05) is 10.4 Å². The van der Waals surface area contributed by atoms with Crippen LogP contribution in [0.3, 0.4) is 0 Å². The van der Waals surface area contributed by atoms with E-state index in [4.69, 9.17) is 16.3 Å². The predicted octanol–water partition coefficient (Wildman–Crippen LogP) is 4.76. The van der Waals surface area contributed by atoms with Crippen molar-refractivity contribution < 1.29 is 26.3 Å². The van der Waals surface area contributed by atoms with E-state index >= 15 is 0 Å². The molecular formula is C18H15ClF3N3O3S. The van der Waals surface area contributed by atoms with Gasteiger partial charge in [-0.15, -0.1) is 0 Å². The Hall–Kier alpha value is -2.59. The van der Waals surface area contributed by atoms with Crippen molar-refractivity contribution in [2.45, 2.75) is 18.0 Å². The third-order valence-electron chi connectivity index (χ3n) is 3.93. The Bertz CT molecular complexity index is 1150. The zero-order valence-electron chi connectivity index (χ0n) is 15.0. The molecule has 2 aromatic carbocycles. The fourth-order valence-electron chi connectivity index (χ4n) is 2.51. The minimum atomic E-state index is -4.55. The molecule has 0 saturated carbocycles. The van der Waals surface area contributed by atoms with E-state index in [1.54, 1.807) is 18.2 Å². The van der Waals surface area contributed by atoms with Gasteiger partial charge in [0.15, 0.2) is 16.4 Å². The fourth-order valence-corrected chi connectivity index (χ4v) is 3.59. The largest absolute Gasteiger partial charge is 0.482 e. The van der Waals surface area contributed by atoms with E-state index in [1.165, 1.54) is 31.5 Å². The fraction of sp³-hybridized carbons (Fsp3) is 0.222. The Morgan fingerprint density at radius 1 is 1.14 bits per heavy atom. The third-order valence-corrected chi connectivity index (χ3v) is 5.90. The Morgan fingerprint density at radius 2 is 1.90 bits per heavy atom. The van der Waals surface area contributed by atoms with Crippen LogP contribution < -0.4 is 10.1 Å². The molecule has 0 unspecified atom stereocenters. The highest BCUT2D eigenvalue weighted by Crippen LogP contribution is 2.34. The molecule has 0 aliphatic rings. The van der Waals surface area contributed by atoms with Crippen molar-refractivity contribution in [1.82, 2.24) is 9.97 Å². The van der Waals surface area contributed by atoms with Crippen LogP contribution in [0.4, 0.5) is 24.7 Å². The molecule has 0 saturated heterocycles. The zero-order chi connectivity index (χ0) is 21.2. The number of rotatable bonds is 6. The number of fused-ring (bicyclic) bond motifs is 1. The third kappa shape index (κ3) is 5.07. The average Bonchev–Trinajstić information content (AvgIpc) is 2.66. The Balaban J connectivity index is 2.08. The molecule has 0 bridgehead atoms. The summed E-state index contributed by atoms with van der Waals surface area (Å²) >= 11 is 6.02. The molecule has 11 heteroatoms. The second kappa shape index (κ2) is 8.03. The van der Waals surface area contributed by atoms with Crippen LogP contribution in [-0.4, -0.2) is 36.9 Å². The molecule has 0 amide bonds. The summed E-state index contributed by atoms with van der Waals surface area (Å²) in [5.74, 6) is -0.104. The number of benzene rings is 2. The number of halogens is 4. The monoisotopic (exact) mass is 445 g/mol. The molecule has 1 heterocycles. The summed E-state index contributed by atoms with van der Waals surface area (Å²) < 4.78 is 67.1. The summed E-state index contributed by atoms with van der Waals surface area (Å²) in [6, 6.07) is 8.46. The SMILES string of the molecule is CCS(=O)(=O)c1ccc(OCC(F)(F)F)c(Nc2ncnc3ccc(Cl)cc23)c1. The number of sulfone groups is 1. The number of hydrogen-bond acceptors (Lipinski definition) is 6. The number of hydrogen-bond donors (Lipinski definition) is 1. The van der Waals surface area contributed by atoms with Crippen LogP contribution in [0.15, 0.2) is 47.6 Å². The van der Waals surface area contributed by atoms with Crippen LogP contribution in [0.5, 0.6) is 5.75 Å². The predicted molar refractivity (Wildman–Crippen MR) is 104 cm³/mol. The van der Waals surface area contributed by atoms with Gasteiger partial charge < -0.3 is 10.1 Å². The number of nitrogens with zero attached hydrogens (tertiary/aromatic N) is 2. The molecule has 0 spiro atoms. The maximum absolute atomic E-state index is 12.6. The maximum atomic E-state index is 12.6. The summed E-state index contributed by atoms with van der Waals surface area (Å²) in [4.78, 5) is 8.14. The lowest BCUT2D eigenvalue weighted by Crippen LogP contribution is -2.19. The van der Waals surface area contributed by atoms with Crippen LogP contribution in [0.25, 0.3) is 10.9 Å². The minimum absolute atomic E-state index is 0.0174. The molecule has 0 aliphatic carbocycles. The van der Waals surface area contributed by atoms with Gasteiger partial charge in [0.1, 0.15) is 17.9 Å². The van der Waals surface area contributed by atoms with Gasteiger partial charge in [-0.3, -0.25) is 0 Å². The minimum Gasteiger partial charge on any atom is -0.482 e. The van der Waals surface area contributed by atoms with Gasteiger partial charge in [0.2, 0.25) is 0 Å². The lowest BCUT2D eigenvalue weighted by molar-refractivity contribution is -0.153. The van der Waals surface area contributed by atoms with Crippen molar-refractivity contribution in [3.63, 3.8) is 0 Å². The first kappa shape index (κ1) is 21.1. The highest BCUT2D eigenvalue weighted by Gasteiger charge is 2.29. The van der Waals surface area contributed by atoms with Crippen molar-refractivity contribution in [1.29, 1.82) is 0 Å². The van der Waals surface area contributed by atoms with Gasteiger partial charge in [0.05, 0.1) is 21.9 Å². The molecule has 3 rings (SSSR count). The second-order valence-corrected chi connectivity index (χ2v) is 8.69. The van der Waals surface area contributed by atoms with E-state index in [0.29, 0.717) is 15.9 Å². The maximum Gasteiger partial charge on any atom is 0.422 e. The van der Waals surface area contributed by atoms with E-state index in [1.807, 2.05) is 0 Å². The summed E-state index contributed by atoms with van der Waals surface area (Å²) in [5, 5.41) is 3.76. The van der Waals surface area contributed by atoms with Gasteiger partial charge in [0.25, 0.3) is 0 Å². The summed E-state index contributed by atoms with van der Waals surface area (Å²) in [6.07, 6.45) is -3.29. The molecule has 3 aromatic rings. The number of anilines is 2. The lowest BCUT2D eigenvalue weighted by Gasteiger charge is -2.16. The number of nitrogens with one attached hydrogen (secondary N) is 1. The van der Waals surface area contributed by atoms with Crippen LogP contribution in [0.2, 0.25) is 5.02 Å². The van der Waals surface area contributed by atoms with Crippen LogP contribution in [0, 0.1) is 0 Å². The van der Waals surface area contributed by atoms with Crippen molar-refractivity contribution in [2.24, 2.45) is 0 Å². The van der Waals surface area contributed by atoms with E-state index in [0.717, 1.165) is 0 Å². The first-order valence-electron chi connectivity index (χ1n) is 8.33. The first-order valence-corrected chi connectivity index (χ1v) is 10.4. The Morgan fingerprint density at radius 3 is 2.59 bits per heavy atom. The standard InChI is InChI=1S/C18H15ClF3N3O3S/c1-2-29(26,27)12-4-6-16(28-9-18(20,21)22)15(8-12)25-17-13-7-11(19)3-5-14(13)23-10-24-17/h3-8,10H,2,9H2,1H3,(H,23,24,25). The first-order chi connectivity index (χ1) is 13.6.